The number of hydrogen-bond acceptors (Lipinski definition) is 4. The van der Waals surface area contributed by atoms with Crippen LogP contribution < -0.4 is 0 Å². The van der Waals surface area contributed by atoms with Crippen LogP contribution in [-0.4, -0.2) is 36.6 Å². The Morgan fingerprint density at radius 2 is 1.69 bits per heavy atom. The summed E-state index contributed by atoms with van der Waals surface area (Å²) in [6.07, 6.45) is 5.34. The summed E-state index contributed by atoms with van der Waals surface area (Å²) >= 11 is 3.20. The molecule has 0 spiro atoms. The molecule has 5 nitrogen and oxygen atoms in total. The van der Waals surface area contributed by atoms with Crippen molar-refractivity contribution in [1.82, 2.24) is 4.31 Å². The molecule has 2 rings (SSSR count). The van der Waals surface area contributed by atoms with E-state index in [1.165, 1.54) is 12.1 Å². The van der Waals surface area contributed by atoms with Gasteiger partial charge in [-0.25, -0.2) is 8.42 Å². The van der Waals surface area contributed by atoms with Crippen LogP contribution in [0.4, 0.5) is 0 Å². The van der Waals surface area contributed by atoms with Crippen LogP contribution in [0.3, 0.4) is 0 Å². The number of benzene rings is 2. The van der Waals surface area contributed by atoms with Crippen molar-refractivity contribution in [2.24, 2.45) is 0 Å². The van der Waals surface area contributed by atoms with Crippen LogP contribution in [-0.2, 0) is 26.2 Å². The Bertz CT molecular complexity index is 863. The average molecular weight is 436 g/mol. The Morgan fingerprint density at radius 3 is 2.23 bits per heavy atom. The van der Waals surface area contributed by atoms with Crippen molar-refractivity contribution in [3.8, 4) is 12.3 Å². The van der Waals surface area contributed by atoms with Crippen molar-refractivity contribution in [2.45, 2.75) is 17.5 Å². The largest absolute Gasteiger partial charge is 0.460 e. The van der Waals surface area contributed by atoms with Crippen LogP contribution in [0.5, 0.6) is 0 Å². The summed E-state index contributed by atoms with van der Waals surface area (Å²) in [5.74, 6) is 1.64. The van der Waals surface area contributed by atoms with E-state index < -0.39 is 22.0 Å². The van der Waals surface area contributed by atoms with Gasteiger partial charge in [0.1, 0.15) is 12.6 Å². The van der Waals surface area contributed by atoms with E-state index in [9.17, 15) is 13.2 Å². The molecular weight excluding hydrogens is 418 g/mol. The molecule has 0 aliphatic carbocycles. The van der Waals surface area contributed by atoms with Gasteiger partial charge in [-0.15, -0.1) is 6.42 Å². The standard InChI is InChI=1S/C19H18BrNO4S/c1-2-13-21(26(23,24)17-11-7-4-8-12-17)18(14-20)19(22)25-15-16-9-5-3-6-10-16/h1,3-12,18H,13-15H2. The maximum Gasteiger partial charge on any atom is 0.325 e. The number of hydrogen-bond donors (Lipinski definition) is 0. The molecule has 0 N–H and O–H groups in total. The first-order valence-electron chi connectivity index (χ1n) is 7.77. The van der Waals surface area contributed by atoms with Gasteiger partial charge in [-0.2, -0.15) is 4.31 Å². The van der Waals surface area contributed by atoms with E-state index in [1.54, 1.807) is 18.2 Å². The lowest BCUT2D eigenvalue weighted by Gasteiger charge is -2.26. The van der Waals surface area contributed by atoms with Crippen molar-refractivity contribution in [3.63, 3.8) is 0 Å². The second-order valence-corrected chi connectivity index (χ2v) is 7.87. The quantitative estimate of drug-likeness (QED) is 0.363. The van der Waals surface area contributed by atoms with E-state index in [4.69, 9.17) is 11.2 Å². The topological polar surface area (TPSA) is 63.7 Å². The zero-order valence-electron chi connectivity index (χ0n) is 13.9. The van der Waals surface area contributed by atoms with Crippen molar-refractivity contribution in [1.29, 1.82) is 0 Å². The lowest BCUT2D eigenvalue weighted by Crippen LogP contribution is -2.47. The molecule has 0 aliphatic heterocycles. The lowest BCUT2D eigenvalue weighted by molar-refractivity contribution is -0.148. The average Bonchev–Trinajstić information content (AvgIpc) is 2.67. The monoisotopic (exact) mass is 435 g/mol. The molecule has 0 saturated heterocycles. The number of alkyl halides is 1. The first-order valence-corrected chi connectivity index (χ1v) is 10.3. The van der Waals surface area contributed by atoms with Crippen molar-refractivity contribution < 1.29 is 17.9 Å². The number of nitrogens with zero attached hydrogens (tertiary/aromatic N) is 1. The summed E-state index contributed by atoms with van der Waals surface area (Å²) < 4.78 is 32.1. The van der Waals surface area contributed by atoms with E-state index in [-0.39, 0.29) is 23.4 Å². The summed E-state index contributed by atoms with van der Waals surface area (Å²) in [6.45, 7) is -0.188. The molecule has 0 radical (unpaired) electrons. The first kappa shape index (κ1) is 20.2. The minimum atomic E-state index is -3.94. The fourth-order valence-corrected chi connectivity index (χ4v) is 4.58. The van der Waals surface area contributed by atoms with Crippen LogP contribution in [0.1, 0.15) is 5.56 Å². The molecule has 0 amide bonds. The second-order valence-electron chi connectivity index (χ2n) is 5.33. The number of carbonyl (C=O) groups excluding carboxylic acids is 1. The highest BCUT2D eigenvalue weighted by Crippen LogP contribution is 2.20. The highest BCUT2D eigenvalue weighted by molar-refractivity contribution is 9.09. The molecule has 0 bridgehead atoms. The third kappa shape index (κ3) is 4.94. The van der Waals surface area contributed by atoms with Gasteiger partial charge in [0.2, 0.25) is 10.0 Å². The van der Waals surface area contributed by atoms with Crippen LogP contribution in [0.25, 0.3) is 0 Å². The van der Waals surface area contributed by atoms with Crippen molar-refractivity contribution in [2.75, 3.05) is 11.9 Å². The van der Waals surface area contributed by atoms with E-state index >= 15 is 0 Å². The summed E-state index contributed by atoms with van der Waals surface area (Å²) in [4.78, 5) is 12.6. The molecule has 1 unspecified atom stereocenters. The van der Waals surface area contributed by atoms with Crippen molar-refractivity contribution in [3.05, 3.63) is 66.2 Å². The van der Waals surface area contributed by atoms with E-state index in [1.807, 2.05) is 30.3 Å². The third-order valence-corrected chi connectivity index (χ3v) is 6.07. The van der Waals surface area contributed by atoms with Gasteiger partial charge in [0, 0.05) is 5.33 Å². The van der Waals surface area contributed by atoms with Gasteiger partial charge < -0.3 is 4.74 Å². The Morgan fingerprint density at radius 1 is 1.12 bits per heavy atom. The molecule has 0 heterocycles. The SMILES string of the molecule is C#CCN(C(CBr)C(=O)OCc1ccccc1)S(=O)(=O)c1ccccc1. The molecule has 26 heavy (non-hydrogen) atoms. The number of carbonyl (C=O) groups is 1. The molecule has 7 heteroatoms. The number of ether oxygens (including phenoxy) is 1. The van der Waals surface area contributed by atoms with Gasteiger partial charge in [0.05, 0.1) is 11.4 Å². The predicted molar refractivity (Wildman–Crippen MR) is 103 cm³/mol. The molecular formula is C19H18BrNO4S. The first-order chi connectivity index (χ1) is 12.5. The Hall–Kier alpha value is -2.14. The Balaban J connectivity index is 2.22. The Labute approximate surface area is 162 Å². The molecule has 1 atom stereocenters. The van der Waals surface area contributed by atoms with Gasteiger partial charge in [0.25, 0.3) is 0 Å². The normalized spacial score (nSPS) is 12.3. The summed E-state index contributed by atoms with van der Waals surface area (Å²) in [5.41, 5.74) is 0.809. The maximum absolute atomic E-state index is 12.9. The van der Waals surface area contributed by atoms with Gasteiger partial charge in [-0.1, -0.05) is 70.4 Å². The van der Waals surface area contributed by atoms with Crippen LogP contribution in [0.2, 0.25) is 0 Å². The van der Waals surface area contributed by atoms with Crippen molar-refractivity contribution >= 4 is 31.9 Å². The summed E-state index contributed by atoms with van der Waals surface area (Å²) in [6, 6.07) is 15.9. The van der Waals surface area contributed by atoms with Crippen LogP contribution in [0.15, 0.2) is 65.6 Å². The van der Waals surface area contributed by atoms with Gasteiger partial charge in [-0.3, -0.25) is 4.79 Å². The highest BCUT2D eigenvalue weighted by Gasteiger charge is 2.35. The number of sulfonamides is 1. The molecule has 0 fully saturated rings. The van der Waals surface area contributed by atoms with Crippen LogP contribution in [0, 0.1) is 12.3 Å². The highest BCUT2D eigenvalue weighted by atomic mass is 79.9. The lowest BCUT2D eigenvalue weighted by atomic mass is 10.2. The summed E-state index contributed by atoms with van der Waals surface area (Å²) in [5, 5.41) is 0.0639. The van der Waals surface area contributed by atoms with E-state index in [0.29, 0.717) is 0 Å². The molecule has 0 saturated carbocycles. The number of terminal acetylenes is 1. The minimum Gasteiger partial charge on any atom is -0.460 e. The maximum atomic E-state index is 12.9. The number of halogens is 1. The zero-order chi connectivity index (χ0) is 19.0. The fraction of sp³-hybridized carbons (Fsp3) is 0.211. The molecule has 0 aromatic heterocycles. The van der Waals surface area contributed by atoms with Gasteiger partial charge in [-0.05, 0) is 17.7 Å². The van der Waals surface area contributed by atoms with Gasteiger partial charge >= 0.3 is 5.97 Å². The second kappa shape index (κ2) is 9.53. The smallest absolute Gasteiger partial charge is 0.325 e. The third-order valence-electron chi connectivity index (χ3n) is 3.59. The van der Waals surface area contributed by atoms with E-state index in [0.717, 1.165) is 9.87 Å². The Kier molecular flexibility index (Phi) is 7.39. The fourth-order valence-electron chi connectivity index (χ4n) is 2.26. The summed E-state index contributed by atoms with van der Waals surface area (Å²) in [7, 11) is -3.94. The molecule has 0 aliphatic rings. The number of esters is 1. The predicted octanol–water partition coefficient (Wildman–Crippen LogP) is 2.82. The van der Waals surface area contributed by atoms with Gasteiger partial charge in [0.15, 0.2) is 0 Å². The minimum absolute atomic E-state index is 0.0540. The molecule has 2 aromatic rings. The van der Waals surface area contributed by atoms with Crippen LogP contribution >= 0.6 is 15.9 Å². The molecule has 136 valence electrons. The van der Waals surface area contributed by atoms with E-state index in [2.05, 4.69) is 21.9 Å². The zero-order valence-corrected chi connectivity index (χ0v) is 16.3. The number of rotatable bonds is 8. The molecule has 2 aromatic carbocycles.